The average Bonchev–Trinajstić information content (AvgIpc) is 1.98. The fourth-order valence-electron chi connectivity index (χ4n) is 0.711. The van der Waals surface area contributed by atoms with Gasteiger partial charge in [0.05, 0.1) is 0 Å². The Labute approximate surface area is 63.8 Å². The van der Waals surface area contributed by atoms with Crippen molar-refractivity contribution >= 4 is 0 Å². The van der Waals surface area contributed by atoms with Gasteiger partial charge >= 0.3 is 0 Å². The highest BCUT2D eigenvalue weighted by atomic mass is 16.3. The first-order valence-electron chi connectivity index (χ1n) is 4.08. The molecule has 0 saturated heterocycles. The fraction of sp³-hybridized carbons (Fsp3) is 0.778. The lowest BCUT2D eigenvalue weighted by Crippen LogP contribution is -1.94. The van der Waals surface area contributed by atoms with Gasteiger partial charge in [0, 0.05) is 6.61 Å². The molecule has 1 N–H and O–H groups in total. The molecule has 0 aromatic heterocycles. The summed E-state index contributed by atoms with van der Waals surface area (Å²) in [5, 5.41) is 8.64. The van der Waals surface area contributed by atoms with Gasteiger partial charge in [-0.15, -0.1) is 0 Å². The first-order chi connectivity index (χ1) is 4.81. The molecule has 1 atom stereocenters. The molecule has 0 aromatic carbocycles. The Kier molecular flexibility index (Phi) is 6.61. The Hall–Kier alpha value is -0.300. The van der Waals surface area contributed by atoms with Gasteiger partial charge in [0.1, 0.15) is 0 Å². The number of hydrogen-bond acceptors (Lipinski definition) is 1. The molecule has 0 bridgehead atoms. The third kappa shape index (κ3) is 5.83. The maximum Gasteiger partial charge on any atom is 0.0491 e. The van der Waals surface area contributed by atoms with Crippen molar-refractivity contribution in [2.45, 2.75) is 33.1 Å². The van der Waals surface area contributed by atoms with Crippen LogP contribution in [0, 0.1) is 5.92 Å². The van der Waals surface area contributed by atoms with Gasteiger partial charge in [0.25, 0.3) is 0 Å². The number of rotatable bonds is 5. The van der Waals surface area contributed by atoms with E-state index in [0.717, 1.165) is 6.42 Å². The first-order valence-corrected chi connectivity index (χ1v) is 4.08. The van der Waals surface area contributed by atoms with E-state index >= 15 is 0 Å². The van der Waals surface area contributed by atoms with Crippen LogP contribution in [-0.4, -0.2) is 11.7 Å². The Morgan fingerprint density at radius 3 is 2.70 bits per heavy atom. The Balaban J connectivity index is 3.18. The molecule has 0 aliphatic carbocycles. The van der Waals surface area contributed by atoms with Crippen molar-refractivity contribution < 1.29 is 5.11 Å². The lowest BCUT2D eigenvalue weighted by atomic mass is 10.1. The Morgan fingerprint density at radius 2 is 2.20 bits per heavy atom. The van der Waals surface area contributed by atoms with E-state index in [4.69, 9.17) is 5.11 Å². The minimum atomic E-state index is 0.266. The molecule has 1 heteroatoms. The van der Waals surface area contributed by atoms with Crippen LogP contribution in [0.1, 0.15) is 33.1 Å². The number of allylic oxidation sites excluding steroid dienone is 1. The number of hydrogen-bond donors (Lipinski definition) is 1. The van der Waals surface area contributed by atoms with Crippen LogP contribution in [-0.2, 0) is 0 Å². The molecule has 0 heterocycles. The van der Waals surface area contributed by atoms with Gasteiger partial charge in [-0.25, -0.2) is 0 Å². The quantitative estimate of drug-likeness (QED) is 0.461. The summed E-state index contributed by atoms with van der Waals surface area (Å²) in [6.45, 7) is 4.47. The molecule has 0 fully saturated rings. The minimum absolute atomic E-state index is 0.266. The summed E-state index contributed by atoms with van der Waals surface area (Å²) in [6, 6.07) is 0. The zero-order valence-electron chi connectivity index (χ0n) is 7.01. The van der Waals surface area contributed by atoms with E-state index in [1.54, 1.807) is 0 Å². The SMILES string of the molecule is CCCC/C=C\C(C)CO. The van der Waals surface area contributed by atoms with Crippen molar-refractivity contribution in [3.8, 4) is 0 Å². The van der Waals surface area contributed by atoms with Gasteiger partial charge < -0.3 is 5.11 Å². The molecular weight excluding hydrogens is 124 g/mol. The maximum absolute atomic E-state index is 8.64. The van der Waals surface area contributed by atoms with Crippen molar-refractivity contribution in [1.29, 1.82) is 0 Å². The van der Waals surface area contributed by atoms with Crippen molar-refractivity contribution in [2.75, 3.05) is 6.61 Å². The fourth-order valence-corrected chi connectivity index (χ4v) is 0.711. The molecule has 60 valence electrons. The van der Waals surface area contributed by atoms with E-state index in [9.17, 15) is 0 Å². The van der Waals surface area contributed by atoms with Crippen molar-refractivity contribution in [1.82, 2.24) is 0 Å². The van der Waals surface area contributed by atoms with E-state index in [-0.39, 0.29) is 6.61 Å². The first kappa shape index (κ1) is 9.70. The summed E-state index contributed by atoms with van der Waals surface area (Å²) >= 11 is 0. The lowest BCUT2D eigenvalue weighted by molar-refractivity contribution is 0.262. The number of aliphatic hydroxyl groups is 1. The molecule has 0 aliphatic rings. The smallest absolute Gasteiger partial charge is 0.0491 e. The van der Waals surface area contributed by atoms with E-state index in [1.807, 2.05) is 6.92 Å². The molecule has 0 saturated carbocycles. The molecular formula is C9H18O. The Bertz CT molecular complexity index is 86.7. The number of aliphatic hydroxyl groups excluding tert-OH is 1. The molecule has 0 amide bonds. The zero-order valence-corrected chi connectivity index (χ0v) is 7.01. The summed E-state index contributed by atoms with van der Waals surface area (Å²) in [6.07, 6.45) is 7.90. The van der Waals surface area contributed by atoms with E-state index < -0.39 is 0 Å². The highest BCUT2D eigenvalue weighted by Gasteiger charge is 1.89. The number of unbranched alkanes of at least 4 members (excludes halogenated alkanes) is 2. The van der Waals surface area contributed by atoms with Crippen LogP contribution in [0.25, 0.3) is 0 Å². The molecule has 0 radical (unpaired) electrons. The van der Waals surface area contributed by atoms with Gasteiger partial charge in [-0.3, -0.25) is 0 Å². The van der Waals surface area contributed by atoms with E-state index in [2.05, 4.69) is 19.1 Å². The summed E-state index contributed by atoms with van der Waals surface area (Å²) in [5.74, 6) is 0.330. The predicted octanol–water partition coefficient (Wildman–Crippen LogP) is 2.36. The molecule has 0 spiro atoms. The van der Waals surface area contributed by atoms with Gasteiger partial charge in [-0.2, -0.15) is 0 Å². The molecule has 1 nitrogen and oxygen atoms in total. The Morgan fingerprint density at radius 1 is 1.50 bits per heavy atom. The van der Waals surface area contributed by atoms with Crippen molar-refractivity contribution in [2.24, 2.45) is 5.92 Å². The largest absolute Gasteiger partial charge is 0.396 e. The van der Waals surface area contributed by atoms with Gasteiger partial charge in [0.2, 0.25) is 0 Å². The monoisotopic (exact) mass is 142 g/mol. The average molecular weight is 142 g/mol. The molecule has 10 heavy (non-hydrogen) atoms. The highest BCUT2D eigenvalue weighted by molar-refractivity contribution is 4.85. The summed E-state index contributed by atoms with van der Waals surface area (Å²) < 4.78 is 0. The minimum Gasteiger partial charge on any atom is -0.396 e. The second-order valence-electron chi connectivity index (χ2n) is 2.73. The lowest BCUT2D eigenvalue weighted by Gasteiger charge is -1.97. The van der Waals surface area contributed by atoms with E-state index in [0.29, 0.717) is 5.92 Å². The van der Waals surface area contributed by atoms with Crippen LogP contribution >= 0.6 is 0 Å². The molecule has 1 unspecified atom stereocenters. The van der Waals surface area contributed by atoms with Gasteiger partial charge in [-0.1, -0.05) is 38.8 Å². The topological polar surface area (TPSA) is 20.2 Å². The summed E-state index contributed by atoms with van der Waals surface area (Å²) in [4.78, 5) is 0. The third-order valence-corrected chi connectivity index (χ3v) is 1.48. The van der Waals surface area contributed by atoms with Crippen LogP contribution in [0.5, 0.6) is 0 Å². The van der Waals surface area contributed by atoms with Crippen LogP contribution in [0.4, 0.5) is 0 Å². The van der Waals surface area contributed by atoms with Gasteiger partial charge in [0.15, 0.2) is 0 Å². The maximum atomic E-state index is 8.64. The highest BCUT2D eigenvalue weighted by Crippen LogP contribution is 1.99. The predicted molar refractivity (Wildman–Crippen MR) is 44.9 cm³/mol. The summed E-state index contributed by atoms with van der Waals surface area (Å²) in [7, 11) is 0. The molecule has 0 aliphatic heterocycles. The second-order valence-corrected chi connectivity index (χ2v) is 2.73. The standard InChI is InChI=1S/C9H18O/c1-3-4-5-6-7-9(2)8-10/h6-7,9-10H,3-5,8H2,1-2H3/b7-6-. The van der Waals surface area contributed by atoms with Crippen molar-refractivity contribution in [3.05, 3.63) is 12.2 Å². The van der Waals surface area contributed by atoms with Gasteiger partial charge in [-0.05, 0) is 12.3 Å². The zero-order chi connectivity index (χ0) is 7.82. The molecule has 0 rings (SSSR count). The normalized spacial score (nSPS) is 14.3. The third-order valence-electron chi connectivity index (χ3n) is 1.48. The second kappa shape index (κ2) is 6.81. The van der Waals surface area contributed by atoms with Crippen LogP contribution < -0.4 is 0 Å². The van der Waals surface area contributed by atoms with Crippen LogP contribution in [0.3, 0.4) is 0 Å². The van der Waals surface area contributed by atoms with Crippen LogP contribution in [0.2, 0.25) is 0 Å². The van der Waals surface area contributed by atoms with Crippen LogP contribution in [0.15, 0.2) is 12.2 Å². The van der Waals surface area contributed by atoms with E-state index in [1.165, 1.54) is 12.8 Å². The summed E-state index contributed by atoms with van der Waals surface area (Å²) in [5.41, 5.74) is 0. The van der Waals surface area contributed by atoms with Crippen molar-refractivity contribution in [3.63, 3.8) is 0 Å². The molecule has 0 aromatic rings.